The van der Waals surface area contributed by atoms with Crippen LogP contribution in [-0.4, -0.2) is 6.61 Å². The van der Waals surface area contributed by atoms with Crippen molar-refractivity contribution < 1.29 is 17.4 Å². The van der Waals surface area contributed by atoms with Crippen molar-refractivity contribution in [2.75, 3.05) is 0 Å². The van der Waals surface area contributed by atoms with Gasteiger partial charge < -0.3 is 0 Å². The molecule has 0 saturated carbocycles. The summed E-state index contributed by atoms with van der Waals surface area (Å²) in [5.74, 6) is -0.670. The van der Waals surface area contributed by atoms with Crippen molar-refractivity contribution in [2.45, 2.75) is 18.4 Å². The molecular weight excluding hydrogens is 227 g/mol. The van der Waals surface area contributed by atoms with Gasteiger partial charge in [-0.1, -0.05) is 0 Å². The SMILES string of the molecule is Cc1c(SOC(F)F)ccc(F)c1C#N. The summed E-state index contributed by atoms with van der Waals surface area (Å²) >= 11 is 0.426. The third kappa shape index (κ3) is 2.88. The summed E-state index contributed by atoms with van der Waals surface area (Å²) < 4.78 is 40.5. The molecule has 0 bridgehead atoms. The van der Waals surface area contributed by atoms with E-state index in [1.807, 2.05) is 0 Å². The number of benzene rings is 1. The van der Waals surface area contributed by atoms with Crippen LogP contribution < -0.4 is 0 Å². The van der Waals surface area contributed by atoms with E-state index in [4.69, 9.17) is 5.26 Å². The Morgan fingerprint density at radius 3 is 2.67 bits per heavy atom. The van der Waals surface area contributed by atoms with Gasteiger partial charge in [0.05, 0.1) is 5.56 Å². The van der Waals surface area contributed by atoms with Gasteiger partial charge >= 0.3 is 6.61 Å². The molecule has 0 fully saturated rings. The van der Waals surface area contributed by atoms with Crippen LogP contribution in [0.4, 0.5) is 13.2 Å². The van der Waals surface area contributed by atoms with Gasteiger partial charge in [0.1, 0.15) is 11.9 Å². The number of alkyl halides is 2. The van der Waals surface area contributed by atoms with Crippen molar-refractivity contribution in [1.82, 2.24) is 0 Å². The maximum atomic E-state index is 13.0. The molecule has 0 amide bonds. The third-order valence-electron chi connectivity index (χ3n) is 1.69. The molecule has 0 atom stereocenters. The van der Waals surface area contributed by atoms with E-state index >= 15 is 0 Å². The molecule has 2 nitrogen and oxygen atoms in total. The largest absolute Gasteiger partial charge is 0.355 e. The molecule has 0 unspecified atom stereocenters. The Labute approximate surface area is 88.9 Å². The minimum Gasteiger partial charge on any atom is -0.246 e. The van der Waals surface area contributed by atoms with E-state index < -0.39 is 12.4 Å². The lowest BCUT2D eigenvalue weighted by Gasteiger charge is -2.06. The number of nitriles is 1. The van der Waals surface area contributed by atoms with E-state index in [0.717, 1.165) is 6.07 Å². The van der Waals surface area contributed by atoms with Crippen LogP contribution in [0.1, 0.15) is 11.1 Å². The second-order valence-corrected chi connectivity index (χ2v) is 3.40. The monoisotopic (exact) mass is 233 g/mol. The molecule has 0 aromatic heterocycles. The maximum Gasteiger partial charge on any atom is 0.355 e. The highest BCUT2D eigenvalue weighted by Gasteiger charge is 2.12. The first kappa shape index (κ1) is 11.9. The Hall–Kier alpha value is -1.19. The molecule has 0 radical (unpaired) electrons. The summed E-state index contributed by atoms with van der Waals surface area (Å²) in [5.41, 5.74) is 0.140. The normalized spacial score (nSPS) is 10.4. The van der Waals surface area contributed by atoms with Crippen molar-refractivity contribution in [3.63, 3.8) is 0 Å². The fourth-order valence-electron chi connectivity index (χ4n) is 0.975. The van der Waals surface area contributed by atoms with E-state index in [9.17, 15) is 13.2 Å². The number of hydrogen-bond acceptors (Lipinski definition) is 3. The van der Waals surface area contributed by atoms with Crippen LogP contribution in [0, 0.1) is 24.1 Å². The van der Waals surface area contributed by atoms with E-state index in [2.05, 4.69) is 4.18 Å². The van der Waals surface area contributed by atoms with Crippen molar-refractivity contribution >= 4 is 12.0 Å². The molecule has 0 aliphatic heterocycles. The molecule has 1 rings (SSSR count). The zero-order valence-electron chi connectivity index (χ0n) is 7.63. The highest BCUT2D eigenvalue weighted by Crippen LogP contribution is 2.28. The molecule has 0 aliphatic rings. The van der Waals surface area contributed by atoms with Crippen LogP contribution in [0.3, 0.4) is 0 Å². The van der Waals surface area contributed by atoms with Crippen LogP contribution in [0.15, 0.2) is 17.0 Å². The predicted octanol–water partition coefficient (Wildman–Crippen LogP) is 3.25. The van der Waals surface area contributed by atoms with Gasteiger partial charge in [-0.15, -0.1) is 0 Å². The topological polar surface area (TPSA) is 33.0 Å². The molecular formula is C9H6F3NOS. The average Bonchev–Trinajstić information content (AvgIpc) is 2.17. The van der Waals surface area contributed by atoms with Gasteiger partial charge in [-0.2, -0.15) is 14.0 Å². The van der Waals surface area contributed by atoms with E-state index in [0.29, 0.717) is 22.5 Å². The molecule has 15 heavy (non-hydrogen) atoms. The lowest BCUT2D eigenvalue weighted by atomic mass is 10.1. The smallest absolute Gasteiger partial charge is 0.246 e. The minimum atomic E-state index is -2.91. The summed E-state index contributed by atoms with van der Waals surface area (Å²) in [7, 11) is 0. The molecule has 6 heteroatoms. The number of hydrogen-bond donors (Lipinski definition) is 0. The fraction of sp³-hybridized carbons (Fsp3) is 0.222. The Morgan fingerprint density at radius 2 is 2.13 bits per heavy atom. The Balaban J connectivity index is 2.96. The van der Waals surface area contributed by atoms with Gasteiger partial charge in [0.2, 0.25) is 0 Å². The van der Waals surface area contributed by atoms with Crippen LogP contribution in [-0.2, 0) is 4.18 Å². The van der Waals surface area contributed by atoms with Gasteiger partial charge in [-0.25, -0.2) is 8.57 Å². The van der Waals surface area contributed by atoms with E-state index in [1.54, 1.807) is 6.07 Å². The van der Waals surface area contributed by atoms with Crippen molar-refractivity contribution in [2.24, 2.45) is 0 Å². The molecule has 0 N–H and O–H groups in total. The molecule has 0 spiro atoms. The van der Waals surface area contributed by atoms with Gasteiger partial charge in [0.25, 0.3) is 0 Å². The van der Waals surface area contributed by atoms with Gasteiger partial charge in [0, 0.05) is 16.9 Å². The Morgan fingerprint density at radius 1 is 1.47 bits per heavy atom. The molecule has 0 heterocycles. The number of nitrogens with zero attached hydrogens (tertiary/aromatic N) is 1. The first-order valence-electron chi connectivity index (χ1n) is 3.87. The first-order chi connectivity index (χ1) is 7.06. The summed E-state index contributed by atoms with van der Waals surface area (Å²) in [6.45, 7) is -1.44. The third-order valence-corrected chi connectivity index (χ3v) is 2.55. The van der Waals surface area contributed by atoms with Crippen molar-refractivity contribution in [3.8, 4) is 6.07 Å². The second-order valence-electron chi connectivity index (χ2n) is 2.60. The quantitative estimate of drug-likeness (QED) is 0.751. The molecule has 1 aromatic rings. The average molecular weight is 233 g/mol. The molecule has 0 aliphatic carbocycles. The van der Waals surface area contributed by atoms with Crippen LogP contribution in [0.5, 0.6) is 0 Å². The summed E-state index contributed by atoms with van der Waals surface area (Å²) in [4.78, 5) is 0.299. The summed E-state index contributed by atoms with van der Waals surface area (Å²) in [6.07, 6.45) is 0. The standard InChI is InChI=1S/C9H6F3NOS/c1-5-6(4-13)7(10)2-3-8(5)15-14-9(11)12/h2-3,9H,1H3. The second kappa shape index (κ2) is 5.05. The van der Waals surface area contributed by atoms with Crippen LogP contribution >= 0.6 is 12.0 Å². The van der Waals surface area contributed by atoms with Crippen molar-refractivity contribution in [3.05, 3.63) is 29.1 Å². The molecule has 0 saturated heterocycles. The number of rotatable bonds is 3. The van der Waals surface area contributed by atoms with Gasteiger partial charge in [-0.3, -0.25) is 0 Å². The molecule has 1 aromatic carbocycles. The highest BCUT2D eigenvalue weighted by atomic mass is 32.2. The number of halogens is 3. The zero-order chi connectivity index (χ0) is 11.4. The lowest BCUT2D eigenvalue weighted by Crippen LogP contribution is -1.94. The van der Waals surface area contributed by atoms with Gasteiger partial charge in [-0.05, 0) is 24.6 Å². The van der Waals surface area contributed by atoms with Gasteiger partial charge in [0.15, 0.2) is 0 Å². The lowest BCUT2D eigenvalue weighted by molar-refractivity contribution is -0.0345. The highest BCUT2D eigenvalue weighted by molar-refractivity contribution is 7.94. The molecule has 80 valence electrons. The predicted molar refractivity (Wildman–Crippen MR) is 48.8 cm³/mol. The van der Waals surface area contributed by atoms with Crippen molar-refractivity contribution in [1.29, 1.82) is 5.26 Å². The van der Waals surface area contributed by atoms with Crippen LogP contribution in [0.25, 0.3) is 0 Å². The summed E-state index contributed by atoms with van der Waals surface area (Å²) in [6, 6.07) is 3.99. The maximum absolute atomic E-state index is 13.0. The minimum absolute atomic E-state index is 0.155. The Bertz CT molecular complexity index is 403. The zero-order valence-corrected chi connectivity index (χ0v) is 8.45. The van der Waals surface area contributed by atoms with E-state index in [-0.39, 0.29) is 5.56 Å². The van der Waals surface area contributed by atoms with Crippen LogP contribution in [0.2, 0.25) is 0 Å². The summed E-state index contributed by atoms with van der Waals surface area (Å²) in [5, 5.41) is 8.61. The Kier molecular flexibility index (Phi) is 4.00. The fourth-order valence-corrected chi connectivity index (χ4v) is 1.50. The van der Waals surface area contributed by atoms with E-state index in [1.165, 1.54) is 13.0 Å². The first-order valence-corrected chi connectivity index (χ1v) is 4.61.